The van der Waals surface area contributed by atoms with Crippen molar-refractivity contribution in [3.63, 3.8) is 0 Å². The molecule has 1 saturated carbocycles. The fraction of sp³-hybridized carbons (Fsp3) is 0.929. The molecule has 1 aliphatic rings. The van der Waals surface area contributed by atoms with Crippen LogP contribution in [0.25, 0.3) is 0 Å². The van der Waals surface area contributed by atoms with Crippen molar-refractivity contribution in [2.45, 2.75) is 66.0 Å². The van der Waals surface area contributed by atoms with Gasteiger partial charge in [0.05, 0.1) is 6.54 Å². The Kier molecular flexibility index (Phi) is 4.59. The van der Waals surface area contributed by atoms with E-state index in [9.17, 15) is 4.79 Å². The summed E-state index contributed by atoms with van der Waals surface area (Å²) >= 11 is 0. The van der Waals surface area contributed by atoms with Crippen molar-refractivity contribution in [1.82, 2.24) is 4.90 Å². The molecule has 1 fully saturated rings. The molecule has 0 amide bonds. The molecule has 0 aromatic heterocycles. The van der Waals surface area contributed by atoms with Crippen LogP contribution in [-0.4, -0.2) is 34.6 Å². The first-order valence-corrected chi connectivity index (χ1v) is 6.69. The predicted octanol–water partition coefficient (Wildman–Crippen LogP) is 3.00. The topological polar surface area (TPSA) is 40.5 Å². The van der Waals surface area contributed by atoms with Gasteiger partial charge in [-0.15, -0.1) is 0 Å². The minimum absolute atomic E-state index is 0.172. The number of carboxylic acid groups (broad SMARTS) is 1. The molecular formula is C14H27NO2. The van der Waals surface area contributed by atoms with Crippen LogP contribution in [0.2, 0.25) is 0 Å². The van der Waals surface area contributed by atoms with Gasteiger partial charge in [0.2, 0.25) is 0 Å². The second-order valence-electron chi connectivity index (χ2n) is 6.73. The van der Waals surface area contributed by atoms with Crippen molar-refractivity contribution in [2.24, 2.45) is 11.3 Å². The van der Waals surface area contributed by atoms with E-state index in [-0.39, 0.29) is 6.54 Å². The molecule has 0 aromatic carbocycles. The fourth-order valence-electron chi connectivity index (χ4n) is 3.44. The standard InChI is InChI=1S/C14H27NO2/c1-10(2)15(9-13(16)17)12-6-11(3)7-14(4,5)8-12/h10-12H,6-9H2,1-5H3,(H,16,17). The molecular weight excluding hydrogens is 214 g/mol. The van der Waals surface area contributed by atoms with Crippen molar-refractivity contribution in [3.8, 4) is 0 Å². The van der Waals surface area contributed by atoms with E-state index in [1.165, 1.54) is 6.42 Å². The molecule has 0 saturated heterocycles. The zero-order valence-electron chi connectivity index (χ0n) is 11.9. The van der Waals surface area contributed by atoms with Crippen molar-refractivity contribution in [1.29, 1.82) is 0 Å². The first-order chi connectivity index (χ1) is 7.71. The maximum Gasteiger partial charge on any atom is 0.317 e. The Labute approximate surface area is 105 Å². The Hall–Kier alpha value is -0.570. The summed E-state index contributed by atoms with van der Waals surface area (Å²) in [6.45, 7) is 11.2. The van der Waals surface area contributed by atoms with Gasteiger partial charge in [-0.1, -0.05) is 20.8 Å². The molecule has 17 heavy (non-hydrogen) atoms. The van der Waals surface area contributed by atoms with Gasteiger partial charge in [0, 0.05) is 12.1 Å². The van der Waals surface area contributed by atoms with Gasteiger partial charge in [0.15, 0.2) is 0 Å². The summed E-state index contributed by atoms with van der Waals surface area (Å²) < 4.78 is 0. The number of aliphatic carboxylic acids is 1. The van der Waals surface area contributed by atoms with Crippen LogP contribution in [-0.2, 0) is 4.79 Å². The molecule has 0 bridgehead atoms. The lowest BCUT2D eigenvalue weighted by Crippen LogP contribution is -2.48. The average Bonchev–Trinajstić information content (AvgIpc) is 2.09. The van der Waals surface area contributed by atoms with Crippen LogP contribution in [0.3, 0.4) is 0 Å². The summed E-state index contributed by atoms with van der Waals surface area (Å²) in [5.41, 5.74) is 0.341. The highest BCUT2D eigenvalue weighted by Gasteiger charge is 2.36. The predicted molar refractivity (Wildman–Crippen MR) is 70.1 cm³/mol. The number of carbonyl (C=O) groups is 1. The average molecular weight is 241 g/mol. The molecule has 100 valence electrons. The van der Waals surface area contributed by atoms with Gasteiger partial charge in [-0.2, -0.15) is 0 Å². The third-order valence-corrected chi connectivity index (χ3v) is 3.81. The normalized spacial score (nSPS) is 28.6. The molecule has 0 heterocycles. The van der Waals surface area contributed by atoms with Gasteiger partial charge in [0.25, 0.3) is 0 Å². The number of hydrogen-bond acceptors (Lipinski definition) is 2. The minimum atomic E-state index is -0.713. The molecule has 1 N–H and O–H groups in total. The first-order valence-electron chi connectivity index (χ1n) is 6.69. The van der Waals surface area contributed by atoms with E-state index in [0.29, 0.717) is 23.4 Å². The van der Waals surface area contributed by atoms with Crippen molar-refractivity contribution >= 4 is 5.97 Å². The van der Waals surface area contributed by atoms with Crippen LogP contribution in [0.15, 0.2) is 0 Å². The molecule has 1 rings (SSSR count). The lowest BCUT2D eigenvalue weighted by atomic mass is 9.70. The van der Waals surface area contributed by atoms with E-state index >= 15 is 0 Å². The van der Waals surface area contributed by atoms with E-state index in [1.54, 1.807) is 0 Å². The van der Waals surface area contributed by atoms with E-state index in [2.05, 4.69) is 39.5 Å². The molecule has 0 aromatic rings. The van der Waals surface area contributed by atoms with Crippen LogP contribution in [0.1, 0.15) is 53.9 Å². The number of nitrogens with zero attached hydrogens (tertiary/aromatic N) is 1. The molecule has 2 atom stereocenters. The molecule has 0 spiro atoms. The van der Waals surface area contributed by atoms with Gasteiger partial charge < -0.3 is 5.11 Å². The highest BCUT2D eigenvalue weighted by atomic mass is 16.4. The Balaban J connectivity index is 2.76. The van der Waals surface area contributed by atoms with Crippen LogP contribution >= 0.6 is 0 Å². The second-order valence-corrected chi connectivity index (χ2v) is 6.73. The second kappa shape index (κ2) is 5.38. The highest BCUT2D eigenvalue weighted by Crippen LogP contribution is 2.40. The summed E-state index contributed by atoms with van der Waals surface area (Å²) in [7, 11) is 0. The first kappa shape index (κ1) is 14.5. The molecule has 1 aliphatic carbocycles. The van der Waals surface area contributed by atoms with Crippen LogP contribution < -0.4 is 0 Å². The monoisotopic (exact) mass is 241 g/mol. The summed E-state index contributed by atoms with van der Waals surface area (Å²) in [5.74, 6) is -0.0199. The molecule has 0 radical (unpaired) electrons. The summed E-state index contributed by atoms with van der Waals surface area (Å²) in [6.07, 6.45) is 3.50. The van der Waals surface area contributed by atoms with E-state index in [4.69, 9.17) is 5.11 Å². The summed E-state index contributed by atoms with van der Waals surface area (Å²) in [6, 6.07) is 0.724. The van der Waals surface area contributed by atoms with Crippen LogP contribution in [0, 0.1) is 11.3 Å². The van der Waals surface area contributed by atoms with E-state index in [0.717, 1.165) is 12.8 Å². The SMILES string of the molecule is CC1CC(N(CC(=O)O)C(C)C)CC(C)(C)C1. The Morgan fingerprint density at radius 2 is 2.00 bits per heavy atom. The smallest absolute Gasteiger partial charge is 0.317 e. The highest BCUT2D eigenvalue weighted by molar-refractivity contribution is 5.69. The lowest BCUT2D eigenvalue weighted by Gasteiger charge is -2.45. The summed E-state index contributed by atoms with van der Waals surface area (Å²) in [5, 5.41) is 9.02. The Morgan fingerprint density at radius 3 is 2.41 bits per heavy atom. The molecule has 0 aliphatic heterocycles. The van der Waals surface area contributed by atoms with Crippen LogP contribution in [0.5, 0.6) is 0 Å². The van der Waals surface area contributed by atoms with Crippen LogP contribution in [0.4, 0.5) is 0 Å². The van der Waals surface area contributed by atoms with Gasteiger partial charge >= 0.3 is 5.97 Å². The van der Waals surface area contributed by atoms with Gasteiger partial charge in [-0.05, 0) is 44.4 Å². The van der Waals surface area contributed by atoms with Gasteiger partial charge in [0.1, 0.15) is 0 Å². The summed E-state index contributed by atoms with van der Waals surface area (Å²) in [4.78, 5) is 13.1. The zero-order chi connectivity index (χ0) is 13.2. The third kappa shape index (κ3) is 4.30. The van der Waals surface area contributed by atoms with Crippen molar-refractivity contribution < 1.29 is 9.90 Å². The lowest BCUT2D eigenvalue weighted by molar-refractivity contribution is -0.140. The molecule has 2 unspecified atom stereocenters. The minimum Gasteiger partial charge on any atom is -0.480 e. The fourth-order valence-corrected chi connectivity index (χ4v) is 3.44. The quantitative estimate of drug-likeness (QED) is 0.822. The van der Waals surface area contributed by atoms with E-state index in [1.807, 2.05) is 0 Å². The number of hydrogen-bond donors (Lipinski definition) is 1. The van der Waals surface area contributed by atoms with Crippen molar-refractivity contribution in [2.75, 3.05) is 6.54 Å². The van der Waals surface area contributed by atoms with Gasteiger partial charge in [-0.3, -0.25) is 9.69 Å². The number of carboxylic acids is 1. The van der Waals surface area contributed by atoms with Gasteiger partial charge in [-0.25, -0.2) is 0 Å². The van der Waals surface area contributed by atoms with Crippen molar-refractivity contribution in [3.05, 3.63) is 0 Å². The molecule has 3 heteroatoms. The Bertz CT molecular complexity index is 273. The maximum atomic E-state index is 11.0. The Morgan fingerprint density at radius 1 is 1.41 bits per heavy atom. The molecule has 3 nitrogen and oxygen atoms in total. The van der Waals surface area contributed by atoms with E-state index < -0.39 is 5.97 Å². The zero-order valence-corrected chi connectivity index (χ0v) is 11.9. The maximum absolute atomic E-state index is 11.0. The largest absolute Gasteiger partial charge is 0.480 e. The third-order valence-electron chi connectivity index (χ3n) is 3.81. The number of rotatable bonds is 4.